The van der Waals surface area contributed by atoms with Crippen molar-refractivity contribution in [3.05, 3.63) is 24.0 Å². The Morgan fingerprint density at radius 2 is 2.24 bits per heavy atom. The van der Waals surface area contributed by atoms with E-state index in [4.69, 9.17) is 4.74 Å². The summed E-state index contributed by atoms with van der Waals surface area (Å²) in [6.45, 7) is 11.3. The number of rotatable bonds is 9. The van der Waals surface area contributed by atoms with Gasteiger partial charge in [0, 0.05) is 38.2 Å². The van der Waals surface area contributed by atoms with Gasteiger partial charge in [-0.05, 0) is 37.9 Å². The van der Waals surface area contributed by atoms with Crippen molar-refractivity contribution in [3.63, 3.8) is 0 Å². The first-order valence-corrected chi connectivity index (χ1v) is 6.66. The summed E-state index contributed by atoms with van der Waals surface area (Å²) in [5.74, 6) is 0.635. The molecule has 0 bridgehead atoms. The van der Waals surface area contributed by atoms with Crippen LogP contribution in [0.4, 0.5) is 0 Å². The Hall–Kier alpha value is -0.800. The summed E-state index contributed by atoms with van der Waals surface area (Å²) in [5.41, 5.74) is 1.36. The van der Waals surface area contributed by atoms with Crippen LogP contribution in [0, 0.1) is 5.92 Å². The van der Waals surface area contributed by atoms with Gasteiger partial charge in [0.1, 0.15) is 0 Å². The number of ether oxygens (including phenoxy) is 1. The highest BCUT2D eigenvalue weighted by Gasteiger charge is 1.98. The molecule has 3 nitrogen and oxygen atoms in total. The average molecular weight is 238 g/mol. The summed E-state index contributed by atoms with van der Waals surface area (Å²) in [6, 6.07) is 4.28. The van der Waals surface area contributed by atoms with Gasteiger partial charge in [-0.3, -0.25) is 0 Å². The first-order chi connectivity index (χ1) is 8.24. The molecule has 1 heterocycles. The van der Waals surface area contributed by atoms with E-state index in [2.05, 4.69) is 49.0 Å². The van der Waals surface area contributed by atoms with Crippen LogP contribution >= 0.6 is 0 Å². The Kier molecular flexibility index (Phi) is 6.97. The predicted octanol–water partition coefficient (Wildman–Crippen LogP) is 2.66. The van der Waals surface area contributed by atoms with Gasteiger partial charge in [-0.15, -0.1) is 0 Å². The molecule has 0 fully saturated rings. The van der Waals surface area contributed by atoms with Crippen LogP contribution in [0.25, 0.3) is 0 Å². The summed E-state index contributed by atoms with van der Waals surface area (Å²) in [5, 5.41) is 3.45. The van der Waals surface area contributed by atoms with E-state index in [1.807, 2.05) is 0 Å². The molecule has 3 heteroatoms. The summed E-state index contributed by atoms with van der Waals surface area (Å²) in [4.78, 5) is 0. The fourth-order valence-corrected chi connectivity index (χ4v) is 1.75. The smallest absolute Gasteiger partial charge is 0.0489 e. The molecule has 0 amide bonds. The standard InChI is InChI=1S/C14H26N2O/c1-4-16-9-5-7-14(16)11-15-8-6-10-17-12-13(2)3/h5,7,9,13,15H,4,6,8,10-12H2,1-3H3. The van der Waals surface area contributed by atoms with Crippen LogP contribution in [0.15, 0.2) is 18.3 Å². The second-order valence-corrected chi connectivity index (χ2v) is 4.78. The molecule has 0 aromatic carbocycles. The van der Waals surface area contributed by atoms with Gasteiger partial charge < -0.3 is 14.6 Å². The van der Waals surface area contributed by atoms with Crippen LogP contribution in [-0.4, -0.2) is 24.3 Å². The minimum atomic E-state index is 0.635. The molecule has 1 rings (SSSR count). The lowest BCUT2D eigenvalue weighted by atomic mass is 10.2. The molecule has 98 valence electrons. The molecule has 0 aliphatic heterocycles. The summed E-state index contributed by atoms with van der Waals surface area (Å²) >= 11 is 0. The zero-order valence-corrected chi connectivity index (χ0v) is 11.4. The van der Waals surface area contributed by atoms with E-state index in [0.29, 0.717) is 5.92 Å². The molecule has 1 N–H and O–H groups in total. The number of hydrogen-bond donors (Lipinski definition) is 1. The molecule has 0 aliphatic rings. The van der Waals surface area contributed by atoms with Gasteiger partial charge in [-0.25, -0.2) is 0 Å². The van der Waals surface area contributed by atoms with Gasteiger partial charge in [0.15, 0.2) is 0 Å². The van der Waals surface area contributed by atoms with Crippen molar-refractivity contribution < 1.29 is 4.74 Å². The summed E-state index contributed by atoms with van der Waals surface area (Å²) in [6.07, 6.45) is 3.21. The van der Waals surface area contributed by atoms with Crippen LogP contribution in [-0.2, 0) is 17.8 Å². The van der Waals surface area contributed by atoms with Crippen LogP contribution in [0.2, 0.25) is 0 Å². The Labute approximate surface area is 105 Å². The number of hydrogen-bond acceptors (Lipinski definition) is 2. The largest absolute Gasteiger partial charge is 0.381 e. The predicted molar refractivity (Wildman–Crippen MR) is 72.1 cm³/mol. The van der Waals surface area contributed by atoms with E-state index in [0.717, 1.165) is 39.3 Å². The van der Waals surface area contributed by atoms with E-state index >= 15 is 0 Å². The molecule has 0 saturated heterocycles. The van der Waals surface area contributed by atoms with Gasteiger partial charge in [0.25, 0.3) is 0 Å². The Morgan fingerprint density at radius 1 is 1.41 bits per heavy atom. The van der Waals surface area contributed by atoms with Crippen molar-refractivity contribution >= 4 is 0 Å². The van der Waals surface area contributed by atoms with Crippen molar-refractivity contribution in [1.82, 2.24) is 9.88 Å². The Bertz CT molecular complexity index is 294. The van der Waals surface area contributed by atoms with E-state index in [1.54, 1.807) is 0 Å². The highest BCUT2D eigenvalue weighted by Crippen LogP contribution is 2.01. The maximum Gasteiger partial charge on any atom is 0.0489 e. The highest BCUT2D eigenvalue weighted by molar-refractivity contribution is 5.06. The monoisotopic (exact) mass is 238 g/mol. The van der Waals surface area contributed by atoms with Gasteiger partial charge in [0.2, 0.25) is 0 Å². The molecule has 0 atom stereocenters. The second kappa shape index (κ2) is 8.31. The molecule has 17 heavy (non-hydrogen) atoms. The zero-order valence-electron chi connectivity index (χ0n) is 11.4. The topological polar surface area (TPSA) is 26.2 Å². The first kappa shape index (κ1) is 14.3. The highest BCUT2D eigenvalue weighted by atomic mass is 16.5. The Morgan fingerprint density at radius 3 is 2.94 bits per heavy atom. The number of aromatic nitrogens is 1. The van der Waals surface area contributed by atoms with Gasteiger partial charge in [-0.1, -0.05) is 13.8 Å². The van der Waals surface area contributed by atoms with Gasteiger partial charge in [0.05, 0.1) is 0 Å². The fourth-order valence-electron chi connectivity index (χ4n) is 1.75. The fraction of sp³-hybridized carbons (Fsp3) is 0.714. The van der Waals surface area contributed by atoms with Crippen molar-refractivity contribution in [2.45, 2.75) is 40.3 Å². The molecule has 0 unspecified atom stereocenters. The van der Waals surface area contributed by atoms with Crippen molar-refractivity contribution in [2.24, 2.45) is 5.92 Å². The maximum absolute atomic E-state index is 5.53. The van der Waals surface area contributed by atoms with Crippen molar-refractivity contribution in [1.29, 1.82) is 0 Å². The lowest BCUT2D eigenvalue weighted by Gasteiger charge is -2.09. The van der Waals surface area contributed by atoms with Gasteiger partial charge in [-0.2, -0.15) is 0 Å². The van der Waals surface area contributed by atoms with Crippen molar-refractivity contribution in [3.8, 4) is 0 Å². The van der Waals surface area contributed by atoms with Crippen molar-refractivity contribution in [2.75, 3.05) is 19.8 Å². The van der Waals surface area contributed by atoms with E-state index < -0.39 is 0 Å². The maximum atomic E-state index is 5.53. The lowest BCUT2D eigenvalue weighted by molar-refractivity contribution is 0.108. The SMILES string of the molecule is CCn1cccc1CNCCCOCC(C)C. The Balaban J connectivity index is 2.01. The van der Waals surface area contributed by atoms with Crippen LogP contribution in [0.1, 0.15) is 32.9 Å². The minimum Gasteiger partial charge on any atom is -0.381 e. The van der Waals surface area contributed by atoms with Crippen LogP contribution in [0.3, 0.4) is 0 Å². The lowest BCUT2D eigenvalue weighted by Crippen LogP contribution is -2.18. The quantitative estimate of drug-likeness (QED) is 0.669. The summed E-state index contributed by atoms with van der Waals surface area (Å²) < 4.78 is 7.80. The molecule has 0 radical (unpaired) electrons. The third-order valence-electron chi connectivity index (χ3n) is 2.66. The molecule has 0 aliphatic carbocycles. The molecule has 1 aromatic heterocycles. The first-order valence-electron chi connectivity index (χ1n) is 6.66. The van der Waals surface area contributed by atoms with Crippen LogP contribution in [0.5, 0.6) is 0 Å². The van der Waals surface area contributed by atoms with Gasteiger partial charge >= 0.3 is 0 Å². The zero-order chi connectivity index (χ0) is 12.5. The molecular weight excluding hydrogens is 212 g/mol. The normalized spacial score (nSPS) is 11.3. The molecule has 0 saturated carbocycles. The third-order valence-corrected chi connectivity index (χ3v) is 2.66. The second-order valence-electron chi connectivity index (χ2n) is 4.78. The number of nitrogens with zero attached hydrogens (tertiary/aromatic N) is 1. The van der Waals surface area contributed by atoms with E-state index in [1.165, 1.54) is 5.69 Å². The average Bonchev–Trinajstić information content (AvgIpc) is 2.74. The summed E-state index contributed by atoms with van der Waals surface area (Å²) in [7, 11) is 0. The molecule has 0 spiro atoms. The molecular formula is C14H26N2O. The number of aryl methyl sites for hydroxylation is 1. The third kappa shape index (κ3) is 5.89. The minimum absolute atomic E-state index is 0.635. The van der Waals surface area contributed by atoms with E-state index in [-0.39, 0.29) is 0 Å². The molecule has 1 aromatic rings. The van der Waals surface area contributed by atoms with Crippen LogP contribution < -0.4 is 5.32 Å². The number of nitrogens with one attached hydrogen (secondary N) is 1. The van der Waals surface area contributed by atoms with E-state index in [9.17, 15) is 0 Å².